The maximum absolute atomic E-state index is 5.74. The maximum Gasteiger partial charge on any atom is 0.232 e. The molecule has 7 heteroatoms. The molecule has 1 unspecified atom stereocenters. The van der Waals surface area contributed by atoms with Crippen LogP contribution in [0.25, 0.3) is 10.2 Å². The number of ether oxygens (including phenoxy) is 2. The molecule has 0 spiro atoms. The topological polar surface area (TPSA) is 60.4 Å². The fourth-order valence-corrected chi connectivity index (χ4v) is 4.02. The molecule has 0 amide bonds. The van der Waals surface area contributed by atoms with Crippen LogP contribution in [-0.2, 0) is 0 Å². The van der Waals surface area contributed by atoms with Crippen LogP contribution in [0.4, 0.5) is 5.13 Å². The van der Waals surface area contributed by atoms with E-state index in [0.717, 1.165) is 35.9 Å². The quantitative estimate of drug-likeness (QED) is 0.675. The number of thiazole rings is 1. The SMILES string of the molecule is CCOc1ccc2nc(N3CCC(COc4cnccn4)C3)sc2c1. The summed E-state index contributed by atoms with van der Waals surface area (Å²) in [6.45, 7) is 5.30. The van der Waals surface area contributed by atoms with E-state index in [2.05, 4.69) is 20.9 Å². The maximum atomic E-state index is 5.74. The van der Waals surface area contributed by atoms with Crippen LogP contribution in [0.15, 0.2) is 36.8 Å². The summed E-state index contributed by atoms with van der Waals surface area (Å²) in [5, 5.41) is 1.07. The first-order valence-corrected chi connectivity index (χ1v) is 9.30. The predicted octanol–water partition coefficient (Wildman–Crippen LogP) is 3.39. The van der Waals surface area contributed by atoms with E-state index < -0.39 is 0 Å². The largest absolute Gasteiger partial charge is 0.494 e. The number of anilines is 1. The van der Waals surface area contributed by atoms with Gasteiger partial charge in [0.2, 0.25) is 5.88 Å². The highest BCUT2D eigenvalue weighted by Crippen LogP contribution is 2.34. The third-order valence-corrected chi connectivity index (χ3v) is 5.30. The van der Waals surface area contributed by atoms with Gasteiger partial charge in [0.05, 0.1) is 29.6 Å². The molecule has 0 bridgehead atoms. The van der Waals surface area contributed by atoms with Gasteiger partial charge in [-0.2, -0.15) is 0 Å². The van der Waals surface area contributed by atoms with Gasteiger partial charge in [0.15, 0.2) is 5.13 Å². The number of hydrogen-bond donors (Lipinski definition) is 0. The zero-order valence-electron chi connectivity index (χ0n) is 14.1. The van der Waals surface area contributed by atoms with Crippen molar-refractivity contribution in [3.8, 4) is 11.6 Å². The molecule has 0 N–H and O–H groups in total. The van der Waals surface area contributed by atoms with Gasteiger partial charge in [-0.05, 0) is 31.5 Å². The Kier molecular flexibility index (Phi) is 4.65. The second-order valence-electron chi connectivity index (χ2n) is 6.01. The van der Waals surface area contributed by atoms with Crippen molar-refractivity contribution in [3.05, 3.63) is 36.8 Å². The third-order valence-electron chi connectivity index (χ3n) is 4.22. The average Bonchev–Trinajstić information content (AvgIpc) is 3.27. The van der Waals surface area contributed by atoms with Crippen molar-refractivity contribution in [3.63, 3.8) is 0 Å². The predicted molar refractivity (Wildman–Crippen MR) is 98.6 cm³/mol. The van der Waals surface area contributed by atoms with Crippen LogP contribution < -0.4 is 14.4 Å². The lowest BCUT2D eigenvalue weighted by Gasteiger charge is -2.15. The molecule has 1 aliphatic rings. The van der Waals surface area contributed by atoms with Gasteiger partial charge >= 0.3 is 0 Å². The van der Waals surface area contributed by atoms with Crippen LogP contribution >= 0.6 is 11.3 Å². The highest BCUT2D eigenvalue weighted by molar-refractivity contribution is 7.22. The van der Waals surface area contributed by atoms with Crippen molar-refractivity contribution >= 4 is 26.7 Å². The molecule has 25 heavy (non-hydrogen) atoms. The highest BCUT2D eigenvalue weighted by Gasteiger charge is 2.25. The summed E-state index contributed by atoms with van der Waals surface area (Å²) in [6.07, 6.45) is 6.04. The molecule has 3 heterocycles. The minimum atomic E-state index is 0.480. The highest BCUT2D eigenvalue weighted by atomic mass is 32.1. The summed E-state index contributed by atoms with van der Waals surface area (Å²) in [6, 6.07) is 6.09. The lowest BCUT2D eigenvalue weighted by molar-refractivity contribution is 0.251. The molecule has 6 nitrogen and oxygen atoms in total. The van der Waals surface area contributed by atoms with Crippen LogP contribution in [0.3, 0.4) is 0 Å². The van der Waals surface area contributed by atoms with Crippen LogP contribution in [0.5, 0.6) is 11.6 Å². The van der Waals surface area contributed by atoms with Crippen molar-refractivity contribution in [2.24, 2.45) is 5.92 Å². The van der Waals surface area contributed by atoms with Crippen molar-refractivity contribution in [2.75, 3.05) is 31.2 Å². The molecule has 2 aromatic heterocycles. The Labute approximate surface area is 150 Å². The molecule has 1 aromatic carbocycles. The zero-order chi connectivity index (χ0) is 17.1. The van der Waals surface area contributed by atoms with Gasteiger partial charge in [-0.15, -0.1) is 0 Å². The molecule has 0 aliphatic carbocycles. The minimum absolute atomic E-state index is 0.480. The monoisotopic (exact) mass is 356 g/mol. The Morgan fingerprint density at radius 3 is 3.08 bits per heavy atom. The summed E-state index contributed by atoms with van der Waals surface area (Å²) in [4.78, 5) is 15.3. The van der Waals surface area contributed by atoms with Crippen LogP contribution in [0, 0.1) is 5.92 Å². The van der Waals surface area contributed by atoms with E-state index in [1.807, 2.05) is 19.1 Å². The number of aromatic nitrogens is 3. The molecule has 3 aromatic rings. The molecule has 130 valence electrons. The first-order valence-electron chi connectivity index (χ1n) is 8.49. The fraction of sp³-hybridized carbons (Fsp3) is 0.389. The van der Waals surface area contributed by atoms with Crippen molar-refractivity contribution in [1.29, 1.82) is 0 Å². The normalized spacial score (nSPS) is 17.2. The third kappa shape index (κ3) is 3.66. The van der Waals surface area contributed by atoms with Gasteiger partial charge in [-0.1, -0.05) is 11.3 Å². The van der Waals surface area contributed by atoms with Crippen LogP contribution in [0.1, 0.15) is 13.3 Å². The lowest BCUT2D eigenvalue weighted by Crippen LogP contribution is -2.21. The van der Waals surface area contributed by atoms with Crippen molar-refractivity contribution < 1.29 is 9.47 Å². The minimum Gasteiger partial charge on any atom is -0.494 e. The van der Waals surface area contributed by atoms with Crippen LogP contribution in [-0.4, -0.2) is 41.3 Å². The second-order valence-corrected chi connectivity index (χ2v) is 7.02. The molecule has 1 fully saturated rings. The van der Waals surface area contributed by atoms with Gasteiger partial charge in [-0.3, -0.25) is 4.98 Å². The summed E-state index contributed by atoms with van der Waals surface area (Å²) < 4.78 is 12.5. The Bertz CT molecular complexity index is 839. The summed E-state index contributed by atoms with van der Waals surface area (Å²) in [5.41, 5.74) is 1.03. The van der Waals surface area contributed by atoms with Gasteiger partial charge in [0.1, 0.15) is 5.75 Å². The smallest absolute Gasteiger partial charge is 0.232 e. The summed E-state index contributed by atoms with van der Waals surface area (Å²) >= 11 is 1.72. The molecular formula is C18H20N4O2S. The van der Waals surface area contributed by atoms with E-state index in [9.17, 15) is 0 Å². The molecule has 1 aliphatic heterocycles. The first kappa shape index (κ1) is 16.1. The molecule has 1 atom stereocenters. The number of nitrogens with zero attached hydrogens (tertiary/aromatic N) is 4. The molecule has 0 radical (unpaired) electrons. The van der Waals surface area contributed by atoms with Crippen LogP contribution in [0.2, 0.25) is 0 Å². The van der Waals surface area contributed by atoms with E-state index >= 15 is 0 Å². The number of benzene rings is 1. The van der Waals surface area contributed by atoms with E-state index in [0.29, 0.717) is 25.0 Å². The second kappa shape index (κ2) is 7.23. The molecule has 4 rings (SSSR count). The first-order chi connectivity index (χ1) is 12.3. The van der Waals surface area contributed by atoms with E-state index in [4.69, 9.17) is 14.5 Å². The molecule has 0 saturated carbocycles. The van der Waals surface area contributed by atoms with Crippen molar-refractivity contribution in [2.45, 2.75) is 13.3 Å². The molecule has 1 saturated heterocycles. The van der Waals surface area contributed by atoms with Gasteiger partial charge < -0.3 is 14.4 Å². The zero-order valence-corrected chi connectivity index (χ0v) is 14.9. The number of rotatable bonds is 6. The Balaban J connectivity index is 1.40. The van der Waals surface area contributed by atoms with E-state index in [-0.39, 0.29) is 0 Å². The Morgan fingerprint density at radius 1 is 1.28 bits per heavy atom. The van der Waals surface area contributed by atoms with Crippen molar-refractivity contribution in [1.82, 2.24) is 15.0 Å². The summed E-state index contributed by atoms with van der Waals surface area (Å²) in [7, 11) is 0. The standard InChI is InChI=1S/C18H20N4O2S/c1-2-23-14-3-4-15-16(9-14)25-18(21-15)22-8-5-13(11-22)12-24-17-10-19-6-7-20-17/h3-4,6-7,9-10,13H,2,5,8,11-12H2,1H3. The van der Waals surface area contributed by atoms with Gasteiger partial charge in [0.25, 0.3) is 0 Å². The Morgan fingerprint density at radius 2 is 2.24 bits per heavy atom. The molecular weight excluding hydrogens is 336 g/mol. The number of fused-ring (bicyclic) bond motifs is 1. The average molecular weight is 356 g/mol. The fourth-order valence-electron chi connectivity index (χ4n) is 2.99. The Hall–Kier alpha value is -2.41. The lowest BCUT2D eigenvalue weighted by atomic mass is 10.1. The van der Waals surface area contributed by atoms with Gasteiger partial charge in [-0.25, -0.2) is 9.97 Å². The van der Waals surface area contributed by atoms with Gasteiger partial charge in [0, 0.05) is 31.4 Å². The summed E-state index contributed by atoms with van der Waals surface area (Å²) in [5.74, 6) is 1.97. The van der Waals surface area contributed by atoms with E-state index in [1.165, 1.54) is 4.70 Å². The van der Waals surface area contributed by atoms with E-state index in [1.54, 1.807) is 29.9 Å². The number of hydrogen-bond acceptors (Lipinski definition) is 7.